The van der Waals surface area contributed by atoms with Crippen molar-refractivity contribution in [2.45, 2.75) is 13.3 Å². The van der Waals surface area contributed by atoms with Crippen LogP contribution in [0.15, 0.2) is 36.4 Å². The molecule has 0 aliphatic rings. The summed E-state index contributed by atoms with van der Waals surface area (Å²) in [5, 5.41) is 31.1. The van der Waals surface area contributed by atoms with Gasteiger partial charge in [0.25, 0.3) is 5.91 Å². The highest BCUT2D eigenvalue weighted by Gasteiger charge is 2.10. The number of carbonyl (C=O) groups is 1. The molecule has 0 aliphatic heterocycles. The van der Waals surface area contributed by atoms with E-state index in [0.717, 1.165) is 11.1 Å². The lowest BCUT2D eigenvalue weighted by Gasteiger charge is -2.10. The zero-order chi connectivity index (χ0) is 15.4. The summed E-state index contributed by atoms with van der Waals surface area (Å²) < 4.78 is 0. The number of phenols is 3. The fraction of sp³-hybridized carbons (Fsp3) is 0.188. The second-order valence-corrected chi connectivity index (χ2v) is 4.79. The van der Waals surface area contributed by atoms with Crippen LogP contribution >= 0.6 is 0 Å². The minimum atomic E-state index is -0.353. The van der Waals surface area contributed by atoms with Gasteiger partial charge >= 0.3 is 0 Å². The van der Waals surface area contributed by atoms with Gasteiger partial charge in [-0.2, -0.15) is 0 Å². The van der Waals surface area contributed by atoms with Gasteiger partial charge in [0, 0.05) is 6.54 Å². The normalized spacial score (nSPS) is 10.3. The Morgan fingerprint density at radius 1 is 1.05 bits per heavy atom. The minimum absolute atomic E-state index is 0.0616. The van der Waals surface area contributed by atoms with E-state index in [0.29, 0.717) is 13.0 Å². The van der Waals surface area contributed by atoms with Gasteiger partial charge in [-0.25, -0.2) is 0 Å². The zero-order valence-electron chi connectivity index (χ0n) is 11.6. The first kappa shape index (κ1) is 14.7. The number of aromatic hydroxyl groups is 3. The first-order chi connectivity index (χ1) is 9.99. The number of carbonyl (C=O) groups excluding carboxylic acids is 1. The Morgan fingerprint density at radius 2 is 1.71 bits per heavy atom. The summed E-state index contributed by atoms with van der Waals surface area (Å²) in [6, 6.07) is 9.29. The predicted octanol–water partition coefficient (Wildman–Crippen LogP) is 2.08. The first-order valence-electron chi connectivity index (χ1n) is 6.56. The number of phenolic OH excluding ortho intramolecular Hbond substituents is 3. The number of hydrogen-bond acceptors (Lipinski definition) is 4. The average Bonchev–Trinajstić information content (AvgIpc) is 2.44. The molecule has 4 N–H and O–H groups in total. The van der Waals surface area contributed by atoms with E-state index in [2.05, 4.69) is 5.32 Å². The highest BCUT2D eigenvalue weighted by atomic mass is 16.3. The minimum Gasteiger partial charge on any atom is -0.507 e. The zero-order valence-corrected chi connectivity index (χ0v) is 11.6. The Balaban J connectivity index is 1.97. The molecule has 21 heavy (non-hydrogen) atoms. The third-order valence-corrected chi connectivity index (χ3v) is 3.26. The molecule has 0 fully saturated rings. The van der Waals surface area contributed by atoms with E-state index in [9.17, 15) is 20.1 Å². The third-order valence-electron chi connectivity index (χ3n) is 3.26. The Kier molecular flexibility index (Phi) is 4.33. The summed E-state index contributed by atoms with van der Waals surface area (Å²) in [5.74, 6) is -0.751. The molecule has 5 heteroatoms. The highest BCUT2D eigenvalue weighted by Crippen LogP contribution is 2.28. The molecular weight excluding hydrogens is 270 g/mol. The van der Waals surface area contributed by atoms with Crippen molar-refractivity contribution in [1.82, 2.24) is 5.32 Å². The van der Waals surface area contributed by atoms with Crippen LogP contribution in [-0.4, -0.2) is 27.8 Å². The summed E-state index contributed by atoms with van der Waals surface area (Å²) in [6.45, 7) is 2.18. The van der Waals surface area contributed by atoms with Crippen LogP contribution in [0.3, 0.4) is 0 Å². The SMILES string of the molecule is Cc1cc(O)c(O)cc1CCNC(=O)c1ccccc1O. The fourth-order valence-electron chi connectivity index (χ4n) is 2.07. The average molecular weight is 287 g/mol. The van der Waals surface area contributed by atoms with Crippen LogP contribution < -0.4 is 5.32 Å². The molecule has 0 atom stereocenters. The summed E-state index contributed by atoms with van der Waals surface area (Å²) in [4.78, 5) is 11.9. The molecule has 2 aromatic rings. The van der Waals surface area contributed by atoms with Crippen LogP contribution in [0, 0.1) is 6.92 Å². The Labute approximate surface area is 122 Å². The van der Waals surface area contributed by atoms with Gasteiger partial charge in [0.15, 0.2) is 11.5 Å². The van der Waals surface area contributed by atoms with Crippen molar-refractivity contribution in [3.8, 4) is 17.2 Å². The van der Waals surface area contributed by atoms with Gasteiger partial charge in [0.2, 0.25) is 0 Å². The molecular formula is C16H17NO4. The monoisotopic (exact) mass is 287 g/mol. The van der Waals surface area contributed by atoms with E-state index in [4.69, 9.17) is 0 Å². The molecule has 0 aliphatic carbocycles. The second kappa shape index (κ2) is 6.17. The van der Waals surface area contributed by atoms with Crippen molar-refractivity contribution >= 4 is 5.91 Å². The van der Waals surface area contributed by atoms with E-state index in [-0.39, 0.29) is 28.7 Å². The molecule has 2 aromatic carbocycles. The standard InChI is InChI=1S/C16H17NO4/c1-10-8-14(19)15(20)9-11(10)6-7-17-16(21)12-4-2-3-5-13(12)18/h2-5,8-9,18-20H,6-7H2,1H3,(H,17,21). The van der Waals surface area contributed by atoms with Crippen molar-refractivity contribution in [2.75, 3.05) is 6.54 Å². The quantitative estimate of drug-likeness (QED) is 0.648. The lowest BCUT2D eigenvalue weighted by atomic mass is 10.0. The van der Waals surface area contributed by atoms with Gasteiger partial charge < -0.3 is 20.6 Å². The number of rotatable bonds is 4. The summed E-state index contributed by atoms with van der Waals surface area (Å²) >= 11 is 0. The Morgan fingerprint density at radius 3 is 2.43 bits per heavy atom. The summed E-state index contributed by atoms with van der Waals surface area (Å²) in [7, 11) is 0. The van der Waals surface area contributed by atoms with E-state index in [1.54, 1.807) is 18.2 Å². The van der Waals surface area contributed by atoms with E-state index in [1.165, 1.54) is 18.2 Å². The molecule has 0 spiro atoms. The number of amides is 1. The molecule has 2 rings (SSSR count). The van der Waals surface area contributed by atoms with Gasteiger partial charge in [-0.05, 0) is 48.7 Å². The molecule has 0 saturated carbocycles. The Bertz CT molecular complexity index is 667. The predicted molar refractivity (Wildman–Crippen MR) is 78.7 cm³/mol. The van der Waals surface area contributed by atoms with Crippen LogP contribution in [-0.2, 0) is 6.42 Å². The fourth-order valence-corrected chi connectivity index (χ4v) is 2.07. The van der Waals surface area contributed by atoms with E-state index >= 15 is 0 Å². The number of nitrogens with one attached hydrogen (secondary N) is 1. The maximum atomic E-state index is 11.9. The molecule has 0 aromatic heterocycles. The van der Waals surface area contributed by atoms with E-state index < -0.39 is 0 Å². The van der Waals surface area contributed by atoms with Gasteiger partial charge in [-0.3, -0.25) is 4.79 Å². The van der Waals surface area contributed by atoms with Crippen molar-refractivity contribution < 1.29 is 20.1 Å². The number of para-hydroxylation sites is 1. The lowest BCUT2D eigenvalue weighted by molar-refractivity contribution is 0.0951. The largest absolute Gasteiger partial charge is 0.507 e. The maximum absolute atomic E-state index is 11.9. The molecule has 0 bridgehead atoms. The molecule has 5 nitrogen and oxygen atoms in total. The van der Waals surface area contributed by atoms with Gasteiger partial charge in [-0.15, -0.1) is 0 Å². The van der Waals surface area contributed by atoms with Gasteiger partial charge in [0.1, 0.15) is 5.75 Å². The van der Waals surface area contributed by atoms with Crippen LogP contribution in [0.1, 0.15) is 21.5 Å². The Hall–Kier alpha value is -2.69. The topological polar surface area (TPSA) is 89.8 Å². The van der Waals surface area contributed by atoms with Crippen molar-refractivity contribution in [3.63, 3.8) is 0 Å². The van der Waals surface area contributed by atoms with Crippen LogP contribution in [0.5, 0.6) is 17.2 Å². The third kappa shape index (κ3) is 3.45. The van der Waals surface area contributed by atoms with Crippen LogP contribution in [0.4, 0.5) is 0 Å². The van der Waals surface area contributed by atoms with Gasteiger partial charge in [-0.1, -0.05) is 12.1 Å². The number of aryl methyl sites for hydroxylation is 1. The smallest absolute Gasteiger partial charge is 0.255 e. The van der Waals surface area contributed by atoms with E-state index in [1.807, 2.05) is 6.92 Å². The molecule has 0 radical (unpaired) electrons. The molecule has 110 valence electrons. The van der Waals surface area contributed by atoms with Crippen molar-refractivity contribution in [2.24, 2.45) is 0 Å². The van der Waals surface area contributed by atoms with Crippen LogP contribution in [0.2, 0.25) is 0 Å². The van der Waals surface area contributed by atoms with Crippen LogP contribution in [0.25, 0.3) is 0 Å². The lowest BCUT2D eigenvalue weighted by Crippen LogP contribution is -2.25. The summed E-state index contributed by atoms with van der Waals surface area (Å²) in [6.07, 6.45) is 0.513. The first-order valence-corrected chi connectivity index (χ1v) is 6.56. The van der Waals surface area contributed by atoms with Gasteiger partial charge in [0.05, 0.1) is 5.56 Å². The maximum Gasteiger partial charge on any atom is 0.255 e. The summed E-state index contributed by atoms with van der Waals surface area (Å²) in [5.41, 5.74) is 1.90. The molecule has 0 saturated heterocycles. The number of hydrogen-bond donors (Lipinski definition) is 4. The number of benzene rings is 2. The highest BCUT2D eigenvalue weighted by molar-refractivity contribution is 5.96. The molecule has 0 unspecified atom stereocenters. The van der Waals surface area contributed by atoms with Crippen molar-refractivity contribution in [1.29, 1.82) is 0 Å². The second-order valence-electron chi connectivity index (χ2n) is 4.79. The van der Waals surface area contributed by atoms with Crippen molar-refractivity contribution in [3.05, 3.63) is 53.1 Å². The molecule has 1 amide bonds. The molecule has 0 heterocycles.